The van der Waals surface area contributed by atoms with Gasteiger partial charge in [0.05, 0.1) is 30.8 Å². The maximum Gasteiger partial charge on any atom is 0.275 e. The third-order valence-electron chi connectivity index (χ3n) is 3.83. The van der Waals surface area contributed by atoms with E-state index in [9.17, 15) is 4.79 Å². The Balaban J connectivity index is 1.64. The summed E-state index contributed by atoms with van der Waals surface area (Å²) in [5.74, 6) is 0.890. The van der Waals surface area contributed by atoms with Crippen molar-refractivity contribution in [3.8, 4) is 11.8 Å². The number of anilines is 2. The molecular formula is C20H17N5O2. The molecule has 7 nitrogen and oxygen atoms in total. The highest BCUT2D eigenvalue weighted by molar-refractivity contribution is 6.03. The fourth-order valence-electron chi connectivity index (χ4n) is 2.45. The molecule has 7 heteroatoms. The second-order valence-electron chi connectivity index (χ2n) is 5.56. The van der Waals surface area contributed by atoms with Crippen LogP contribution in [0.2, 0.25) is 0 Å². The van der Waals surface area contributed by atoms with Gasteiger partial charge in [-0.2, -0.15) is 5.26 Å². The predicted octanol–water partition coefficient (Wildman–Crippen LogP) is 3.22. The van der Waals surface area contributed by atoms with E-state index >= 15 is 0 Å². The lowest BCUT2D eigenvalue weighted by molar-refractivity contribution is 0.102. The summed E-state index contributed by atoms with van der Waals surface area (Å²) in [6.07, 6.45) is 2.87. The SMILES string of the molecule is COc1ccccc1CNc1cnc(C(=O)Nc2ccccc2C#N)cn1. The molecule has 0 saturated carbocycles. The molecule has 0 aliphatic heterocycles. The molecule has 1 aromatic heterocycles. The van der Waals surface area contributed by atoms with Crippen LogP contribution in [0.15, 0.2) is 60.9 Å². The molecule has 0 saturated heterocycles. The van der Waals surface area contributed by atoms with Crippen molar-refractivity contribution < 1.29 is 9.53 Å². The van der Waals surface area contributed by atoms with Gasteiger partial charge in [0.25, 0.3) is 5.91 Å². The Labute approximate surface area is 156 Å². The Hall–Kier alpha value is -3.92. The number of aromatic nitrogens is 2. The first-order valence-electron chi connectivity index (χ1n) is 8.19. The summed E-state index contributed by atoms with van der Waals surface area (Å²) in [6.45, 7) is 0.514. The number of nitrogens with one attached hydrogen (secondary N) is 2. The Kier molecular flexibility index (Phi) is 5.60. The van der Waals surface area contributed by atoms with E-state index in [1.165, 1.54) is 12.4 Å². The molecule has 2 aromatic carbocycles. The number of benzene rings is 2. The van der Waals surface area contributed by atoms with Crippen molar-refractivity contribution in [2.45, 2.75) is 6.54 Å². The van der Waals surface area contributed by atoms with Crippen molar-refractivity contribution in [3.63, 3.8) is 0 Å². The molecule has 134 valence electrons. The number of ether oxygens (including phenoxy) is 1. The molecule has 0 aliphatic rings. The number of nitriles is 1. The van der Waals surface area contributed by atoms with Gasteiger partial charge in [-0.1, -0.05) is 30.3 Å². The second kappa shape index (κ2) is 8.45. The van der Waals surface area contributed by atoms with Gasteiger partial charge < -0.3 is 15.4 Å². The zero-order chi connectivity index (χ0) is 19.1. The van der Waals surface area contributed by atoms with Crippen LogP contribution in [0.5, 0.6) is 5.75 Å². The minimum atomic E-state index is -0.429. The molecule has 2 N–H and O–H groups in total. The fourth-order valence-corrected chi connectivity index (χ4v) is 2.45. The zero-order valence-electron chi connectivity index (χ0n) is 14.6. The van der Waals surface area contributed by atoms with Crippen LogP contribution in [-0.4, -0.2) is 23.0 Å². The summed E-state index contributed by atoms with van der Waals surface area (Å²) in [5, 5.41) is 14.9. The fraction of sp³-hybridized carbons (Fsp3) is 0.100. The van der Waals surface area contributed by atoms with Crippen LogP contribution in [0.4, 0.5) is 11.5 Å². The van der Waals surface area contributed by atoms with E-state index in [1.807, 2.05) is 30.3 Å². The van der Waals surface area contributed by atoms with E-state index in [0.717, 1.165) is 11.3 Å². The van der Waals surface area contributed by atoms with Crippen LogP contribution < -0.4 is 15.4 Å². The lowest BCUT2D eigenvalue weighted by atomic mass is 10.2. The summed E-state index contributed by atoms with van der Waals surface area (Å²) in [6, 6.07) is 16.5. The smallest absolute Gasteiger partial charge is 0.275 e. The minimum absolute atomic E-state index is 0.158. The normalized spacial score (nSPS) is 9.93. The van der Waals surface area contributed by atoms with Gasteiger partial charge in [0.15, 0.2) is 0 Å². The maximum atomic E-state index is 12.3. The molecule has 0 fully saturated rings. The Morgan fingerprint density at radius 3 is 2.63 bits per heavy atom. The molecule has 1 amide bonds. The average Bonchev–Trinajstić information content (AvgIpc) is 2.73. The summed E-state index contributed by atoms with van der Waals surface area (Å²) >= 11 is 0. The van der Waals surface area contributed by atoms with E-state index in [2.05, 4.69) is 20.6 Å². The number of hydrogen-bond donors (Lipinski definition) is 2. The van der Waals surface area contributed by atoms with Gasteiger partial charge in [0, 0.05) is 12.1 Å². The zero-order valence-corrected chi connectivity index (χ0v) is 14.6. The van der Waals surface area contributed by atoms with E-state index in [1.54, 1.807) is 31.4 Å². The van der Waals surface area contributed by atoms with Gasteiger partial charge in [-0.3, -0.25) is 4.79 Å². The molecular weight excluding hydrogens is 342 g/mol. The highest BCUT2D eigenvalue weighted by Crippen LogP contribution is 2.18. The van der Waals surface area contributed by atoms with Crippen molar-refractivity contribution in [2.75, 3.05) is 17.7 Å². The topological polar surface area (TPSA) is 99.9 Å². The monoisotopic (exact) mass is 359 g/mol. The Bertz CT molecular complexity index is 980. The summed E-state index contributed by atoms with van der Waals surface area (Å²) in [5.41, 5.74) is 1.96. The van der Waals surface area contributed by atoms with Crippen LogP contribution in [0.1, 0.15) is 21.6 Å². The highest BCUT2D eigenvalue weighted by Gasteiger charge is 2.11. The summed E-state index contributed by atoms with van der Waals surface area (Å²) in [7, 11) is 1.62. The molecule has 0 aliphatic carbocycles. The van der Waals surface area contributed by atoms with Gasteiger partial charge in [-0.25, -0.2) is 9.97 Å². The van der Waals surface area contributed by atoms with Crippen LogP contribution in [0.25, 0.3) is 0 Å². The van der Waals surface area contributed by atoms with Crippen molar-refractivity contribution in [3.05, 3.63) is 77.7 Å². The Morgan fingerprint density at radius 1 is 1.11 bits per heavy atom. The number of amides is 1. The van der Waals surface area contributed by atoms with Gasteiger partial charge in [-0.15, -0.1) is 0 Å². The highest BCUT2D eigenvalue weighted by atomic mass is 16.5. The van der Waals surface area contributed by atoms with Crippen molar-refractivity contribution >= 4 is 17.4 Å². The number of methoxy groups -OCH3 is 1. The second-order valence-corrected chi connectivity index (χ2v) is 5.56. The number of nitrogens with zero attached hydrogens (tertiary/aromatic N) is 3. The summed E-state index contributed by atoms with van der Waals surface area (Å²) < 4.78 is 5.31. The number of rotatable bonds is 6. The molecule has 0 spiro atoms. The van der Waals surface area contributed by atoms with Gasteiger partial charge in [0.2, 0.25) is 0 Å². The van der Waals surface area contributed by atoms with Crippen molar-refractivity contribution in [2.24, 2.45) is 0 Å². The van der Waals surface area contributed by atoms with Crippen molar-refractivity contribution in [1.29, 1.82) is 5.26 Å². The predicted molar refractivity (Wildman–Crippen MR) is 101 cm³/mol. The first-order chi connectivity index (χ1) is 13.2. The molecule has 3 rings (SSSR count). The number of carbonyl (C=O) groups is 1. The third kappa shape index (κ3) is 4.38. The molecule has 0 atom stereocenters. The minimum Gasteiger partial charge on any atom is -0.496 e. The van der Waals surface area contributed by atoms with Crippen LogP contribution >= 0.6 is 0 Å². The largest absolute Gasteiger partial charge is 0.496 e. The van der Waals surface area contributed by atoms with Crippen LogP contribution in [0, 0.1) is 11.3 Å². The maximum absolute atomic E-state index is 12.3. The first-order valence-corrected chi connectivity index (χ1v) is 8.19. The molecule has 0 bridgehead atoms. The standard InChI is InChI=1S/C20H17N5O2/c1-27-18-9-5-3-7-15(18)11-23-19-13-22-17(12-24-19)20(26)25-16-8-4-2-6-14(16)10-21/h2-9,12-13H,11H2,1H3,(H,23,24)(H,25,26). The molecule has 27 heavy (non-hydrogen) atoms. The number of carbonyl (C=O) groups excluding carboxylic acids is 1. The lowest BCUT2D eigenvalue weighted by Gasteiger charge is -2.10. The quantitative estimate of drug-likeness (QED) is 0.701. The number of para-hydroxylation sites is 2. The van der Waals surface area contributed by atoms with Crippen LogP contribution in [0.3, 0.4) is 0 Å². The Morgan fingerprint density at radius 2 is 1.89 bits per heavy atom. The van der Waals surface area contributed by atoms with Gasteiger partial charge in [0.1, 0.15) is 23.3 Å². The molecule has 0 radical (unpaired) electrons. The van der Waals surface area contributed by atoms with Gasteiger partial charge >= 0.3 is 0 Å². The van der Waals surface area contributed by atoms with E-state index in [-0.39, 0.29) is 5.69 Å². The summed E-state index contributed by atoms with van der Waals surface area (Å²) in [4.78, 5) is 20.6. The van der Waals surface area contributed by atoms with Gasteiger partial charge in [-0.05, 0) is 18.2 Å². The molecule has 1 heterocycles. The third-order valence-corrected chi connectivity index (χ3v) is 3.83. The average molecular weight is 359 g/mol. The van der Waals surface area contributed by atoms with Crippen molar-refractivity contribution in [1.82, 2.24) is 9.97 Å². The van der Waals surface area contributed by atoms with E-state index in [4.69, 9.17) is 10.00 Å². The number of hydrogen-bond acceptors (Lipinski definition) is 6. The van der Waals surface area contributed by atoms with Crippen LogP contribution in [-0.2, 0) is 6.54 Å². The lowest BCUT2D eigenvalue weighted by Crippen LogP contribution is -2.15. The molecule has 0 unspecified atom stereocenters. The van der Waals surface area contributed by atoms with E-state index < -0.39 is 5.91 Å². The van der Waals surface area contributed by atoms with E-state index in [0.29, 0.717) is 23.6 Å². The molecule has 3 aromatic rings. The first kappa shape index (κ1) is 17.9.